The average molecular weight is 294 g/mol. The van der Waals surface area contributed by atoms with Crippen molar-refractivity contribution in [1.82, 2.24) is 0 Å². The van der Waals surface area contributed by atoms with Gasteiger partial charge in [-0.05, 0) is 55.3 Å². The monoisotopic (exact) mass is 294 g/mol. The van der Waals surface area contributed by atoms with Crippen molar-refractivity contribution in [2.45, 2.75) is 18.7 Å². The zero-order valence-corrected chi connectivity index (χ0v) is 12.0. The molecule has 0 aromatic heterocycles. The second-order valence-corrected chi connectivity index (χ2v) is 6.24. The van der Waals surface area contributed by atoms with Crippen LogP contribution in [0, 0.1) is 19.7 Å². The second kappa shape index (κ2) is 5.13. The van der Waals surface area contributed by atoms with Gasteiger partial charge in [-0.3, -0.25) is 4.72 Å². The molecule has 3 N–H and O–H groups in total. The molecule has 0 heterocycles. The molecule has 2 aromatic carbocycles. The number of halogens is 1. The molecule has 20 heavy (non-hydrogen) atoms. The Hall–Kier alpha value is -2.08. The summed E-state index contributed by atoms with van der Waals surface area (Å²) in [6, 6.07) is 8.47. The van der Waals surface area contributed by atoms with Crippen LogP contribution in [0.4, 0.5) is 15.8 Å². The van der Waals surface area contributed by atoms with Crippen molar-refractivity contribution in [1.29, 1.82) is 0 Å². The Morgan fingerprint density at radius 3 is 2.40 bits per heavy atom. The first-order valence-corrected chi connectivity index (χ1v) is 7.43. The number of hydrogen-bond donors (Lipinski definition) is 2. The van der Waals surface area contributed by atoms with Crippen molar-refractivity contribution in [3.8, 4) is 0 Å². The van der Waals surface area contributed by atoms with Crippen LogP contribution in [0.3, 0.4) is 0 Å². The lowest BCUT2D eigenvalue weighted by molar-refractivity contribution is 0.600. The fourth-order valence-corrected chi connectivity index (χ4v) is 3.23. The summed E-state index contributed by atoms with van der Waals surface area (Å²) in [4.78, 5) is 0.121. The first kappa shape index (κ1) is 14.3. The third-order valence-electron chi connectivity index (χ3n) is 2.93. The normalized spacial score (nSPS) is 11.3. The molecule has 106 valence electrons. The van der Waals surface area contributed by atoms with E-state index in [9.17, 15) is 12.8 Å². The van der Waals surface area contributed by atoms with Crippen LogP contribution in [-0.4, -0.2) is 8.42 Å². The number of nitrogens with two attached hydrogens (primary N) is 1. The van der Waals surface area contributed by atoms with Crippen LogP contribution in [0.25, 0.3) is 0 Å². The number of nitrogens with one attached hydrogen (secondary N) is 1. The topological polar surface area (TPSA) is 72.2 Å². The summed E-state index contributed by atoms with van der Waals surface area (Å²) < 4.78 is 40.2. The van der Waals surface area contributed by atoms with Crippen LogP contribution in [0.5, 0.6) is 0 Å². The molecule has 2 rings (SSSR count). The highest BCUT2D eigenvalue weighted by Crippen LogP contribution is 2.23. The van der Waals surface area contributed by atoms with Gasteiger partial charge in [-0.25, -0.2) is 12.8 Å². The highest BCUT2D eigenvalue weighted by Gasteiger charge is 2.18. The van der Waals surface area contributed by atoms with Gasteiger partial charge < -0.3 is 5.73 Å². The second-order valence-electron chi connectivity index (χ2n) is 4.59. The van der Waals surface area contributed by atoms with Crippen LogP contribution in [0.1, 0.15) is 11.1 Å². The molecule has 0 saturated carbocycles. The highest BCUT2D eigenvalue weighted by molar-refractivity contribution is 7.92. The Kier molecular flexibility index (Phi) is 3.67. The molecule has 0 atom stereocenters. The van der Waals surface area contributed by atoms with E-state index in [0.29, 0.717) is 16.8 Å². The van der Waals surface area contributed by atoms with Crippen LogP contribution in [0.2, 0.25) is 0 Å². The molecule has 0 aliphatic rings. The number of nitrogen functional groups attached to an aromatic ring is 1. The Morgan fingerprint density at radius 2 is 1.75 bits per heavy atom. The first-order valence-electron chi connectivity index (χ1n) is 5.95. The highest BCUT2D eigenvalue weighted by atomic mass is 32.2. The van der Waals surface area contributed by atoms with Crippen molar-refractivity contribution >= 4 is 21.4 Å². The third-order valence-corrected chi connectivity index (χ3v) is 4.46. The standard InChI is InChI=1S/C14H15FN2O2S/c1-9-3-4-11(15)8-13(9)17-20(18,19)14-6-5-12(16)7-10(14)2/h3-8,17H,16H2,1-2H3. The minimum Gasteiger partial charge on any atom is -0.399 e. The molecular formula is C14H15FN2O2S. The van der Waals surface area contributed by atoms with Gasteiger partial charge in [0.25, 0.3) is 10.0 Å². The van der Waals surface area contributed by atoms with Crippen LogP contribution in [-0.2, 0) is 10.0 Å². The molecule has 0 aliphatic heterocycles. The Balaban J connectivity index is 2.43. The Morgan fingerprint density at radius 1 is 1.05 bits per heavy atom. The fourth-order valence-electron chi connectivity index (χ4n) is 1.88. The van der Waals surface area contributed by atoms with E-state index in [0.717, 1.165) is 6.07 Å². The van der Waals surface area contributed by atoms with E-state index >= 15 is 0 Å². The predicted octanol–water partition coefficient (Wildman–Crippen LogP) is 2.83. The SMILES string of the molecule is Cc1ccc(F)cc1NS(=O)(=O)c1ccc(N)cc1C. The summed E-state index contributed by atoms with van der Waals surface area (Å²) in [5.74, 6) is -0.498. The van der Waals surface area contributed by atoms with Crippen molar-refractivity contribution in [3.63, 3.8) is 0 Å². The zero-order valence-electron chi connectivity index (χ0n) is 11.1. The maximum atomic E-state index is 13.2. The maximum absolute atomic E-state index is 13.2. The van der Waals surface area contributed by atoms with Crippen molar-refractivity contribution in [3.05, 3.63) is 53.3 Å². The minimum atomic E-state index is -3.77. The van der Waals surface area contributed by atoms with Gasteiger partial charge in [0.15, 0.2) is 0 Å². The lowest BCUT2D eigenvalue weighted by Gasteiger charge is -2.12. The summed E-state index contributed by atoms with van der Waals surface area (Å²) >= 11 is 0. The summed E-state index contributed by atoms with van der Waals surface area (Å²) in [7, 11) is -3.77. The van der Waals surface area contributed by atoms with Gasteiger partial charge in [-0.15, -0.1) is 0 Å². The number of anilines is 2. The van der Waals surface area contributed by atoms with E-state index in [4.69, 9.17) is 5.73 Å². The minimum absolute atomic E-state index is 0.121. The molecular weight excluding hydrogens is 279 g/mol. The fraction of sp³-hybridized carbons (Fsp3) is 0.143. The van der Waals surface area contributed by atoms with Gasteiger partial charge in [0.2, 0.25) is 0 Å². The number of hydrogen-bond acceptors (Lipinski definition) is 3. The van der Waals surface area contributed by atoms with Crippen molar-refractivity contribution in [2.24, 2.45) is 0 Å². The van der Waals surface area contributed by atoms with E-state index in [-0.39, 0.29) is 10.6 Å². The largest absolute Gasteiger partial charge is 0.399 e. The summed E-state index contributed by atoms with van der Waals surface area (Å²) in [6.45, 7) is 3.36. The van der Waals surface area contributed by atoms with E-state index in [2.05, 4.69) is 4.72 Å². The zero-order chi connectivity index (χ0) is 14.9. The number of rotatable bonds is 3. The number of aryl methyl sites for hydroxylation is 2. The van der Waals surface area contributed by atoms with Gasteiger partial charge >= 0.3 is 0 Å². The van der Waals surface area contributed by atoms with Crippen molar-refractivity contribution in [2.75, 3.05) is 10.5 Å². The molecule has 0 radical (unpaired) electrons. The summed E-state index contributed by atoms with van der Waals surface area (Å²) in [5, 5.41) is 0. The molecule has 6 heteroatoms. The van der Waals surface area contributed by atoms with Gasteiger partial charge in [-0.2, -0.15) is 0 Å². The van der Waals surface area contributed by atoms with Crippen LogP contribution >= 0.6 is 0 Å². The molecule has 0 unspecified atom stereocenters. The summed E-state index contributed by atoms with van der Waals surface area (Å²) in [5.41, 5.74) is 7.49. The van der Waals surface area contributed by atoms with Gasteiger partial charge in [0.1, 0.15) is 5.82 Å². The van der Waals surface area contributed by atoms with Crippen LogP contribution in [0.15, 0.2) is 41.3 Å². The summed E-state index contributed by atoms with van der Waals surface area (Å²) in [6.07, 6.45) is 0. The Bertz CT molecular complexity index is 758. The molecule has 0 spiro atoms. The van der Waals surface area contributed by atoms with Crippen LogP contribution < -0.4 is 10.5 Å². The quantitative estimate of drug-likeness (QED) is 0.855. The smallest absolute Gasteiger partial charge is 0.262 e. The van der Waals surface area contributed by atoms with Gasteiger partial charge in [0.05, 0.1) is 10.6 Å². The van der Waals surface area contributed by atoms with Gasteiger partial charge in [0, 0.05) is 5.69 Å². The Labute approximate surface area is 117 Å². The van der Waals surface area contributed by atoms with E-state index in [1.807, 2.05) is 0 Å². The van der Waals surface area contributed by atoms with E-state index in [1.165, 1.54) is 24.3 Å². The molecule has 4 nitrogen and oxygen atoms in total. The maximum Gasteiger partial charge on any atom is 0.262 e. The van der Waals surface area contributed by atoms with E-state index < -0.39 is 15.8 Å². The predicted molar refractivity (Wildman–Crippen MR) is 77.5 cm³/mol. The van der Waals surface area contributed by atoms with Gasteiger partial charge in [-0.1, -0.05) is 6.07 Å². The van der Waals surface area contributed by atoms with E-state index in [1.54, 1.807) is 19.9 Å². The number of sulfonamides is 1. The lowest BCUT2D eigenvalue weighted by atomic mass is 10.2. The molecule has 0 fully saturated rings. The lowest BCUT2D eigenvalue weighted by Crippen LogP contribution is -2.15. The molecule has 0 aliphatic carbocycles. The molecule has 0 amide bonds. The average Bonchev–Trinajstić information content (AvgIpc) is 2.33. The molecule has 0 saturated heterocycles. The molecule has 2 aromatic rings. The van der Waals surface area contributed by atoms with Crippen molar-refractivity contribution < 1.29 is 12.8 Å². The first-order chi connectivity index (χ1) is 9.29. The molecule has 0 bridgehead atoms. The number of benzene rings is 2. The third kappa shape index (κ3) is 2.91.